The Bertz CT molecular complexity index is 471. The fraction of sp³-hybridized carbons (Fsp3) is 0.429. The Kier molecular flexibility index (Phi) is 5.52. The number of hydrogen-bond donors (Lipinski definition) is 2. The monoisotopic (exact) mass is 278 g/mol. The van der Waals surface area contributed by atoms with Crippen LogP contribution in [0, 0.1) is 0 Å². The van der Waals surface area contributed by atoms with Crippen molar-refractivity contribution in [2.45, 2.75) is 13.0 Å². The van der Waals surface area contributed by atoms with E-state index < -0.39 is 6.04 Å². The van der Waals surface area contributed by atoms with Gasteiger partial charge in [0.15, 0.2) is 0 Å². The van der Waals surface area contributed by atoms with Gasteiger partial charge in [-0.05, 0) is 38.2 Å². The highest BCUT2D eigenvalue weighted by atomic mass is 16.2. The number of hydrogen-bond acceptors (Lipinski definition) is 4. The first-order valence-electron chi connectivity index (χ1n) is 6.38. The molecule has 0 bridgehead atoms. The predicted molar refractivity (Wildman–Crippen MR) is 80.3 cm³/mol. The van der Waals surface area contributed by atoms with Gasteiger partial charge in [-0.1, -0.05) is 0 Å². The second kappa shape index (κ2) is 6.91. The summed E-state index contributed by atoms with van der Waals surface area (Å²) in [5.41, 5.74) is 6.91. The van der Waals surface area contributed by atoms with Crippen molar-refractivity contribution in [2.75, 3.05) is 38.7 Å². The van der Waals surface area contributed by atoms with Crippen molar-refractivity contribution in [1.29, 1.82) is 0 Å². The molecule has 0 heterocycles. The number of nitrogens with two attached hydrogens (primary N) is 1. The van der Waals surface area contributed by atoms with Gasteiger partial charge in [-0.25, -0.2) is 0 Å². The van der Waals surface area contributed by atoms with Crippen LogP contribution in [0.4, 0.5) is 11.4 Å². The minimum absolute atomic E-state index is 0.0420. The maximum Gasteiger partial charge on any atom is 0.241 e. The molecule has 2 amide bonds. The molecule has 1 rings (SSSR count). The van der Waals surface area contributed by atoms with Crippen molar-refractivity contribution in [1.82, 2.24) is 9.80 Å². The molecule has 20 heavy (non-hydrogen) atoms. The molecule has 0 aromatic heterocycles. The van der Waals surface area contributed by atoms with Gasteiger partial charge in [0, 0.05) is 25.5 Å². The molecule has 0 aliphatic rings. The molecule has 1 unspecified atom stereocenters. The summed E-state index contributed by atoms with van der Waals surface area (Å²) in [4.78, 5) is 26.9. The van der Waals surface area contributed by atoms with Crippen molar-refractivity contribution in [2.24, 2.45) is 0 Å². The third-order valence-electron chi connectivity index (χ3n) is 3.10. The zero-order valence-corrected chi connectivity index (χ0v) is 12.4. The van der Waals surface area contributed by atoms with Crippen LogP contribution in [0.5, 0.6) is 0 Å². The molecule has 0 spiro atoms. The third-order valence-corrected chi connectivity index (χ3v) is 3.10. The van der Waals surface area contributed by atoms with Crippen LogP contribution in [-0.2, 0) is 9.59 Å². The average Bonchev–Trinajstić information content (AvgIpc) is 2.40. The van der Waals surface area contributed by atoms with Gasteiger partial charge in [0.1, 0.15) is 0 Å². The Hall–Kier alpha value is -2.08. The second-order valence-corrected chi connectivity index (χ2v) is 4.99. The van der Waals surface area contributed by atoms with E-state index in [1.54, 1.807) is 57.2 Å². The first-order chi connectivity index (χ1) is 9.31. The molecule has 1 aromatic carbocycles. The molecule has 0 saturated heterocycles. The predicted octanol–water partition coefficient (Wildman–Crippen LogP) is 0.616. The third kappa shape index (κ3) is 4.55. The highest BCUT2D eigenvalue weighted by Gasteiger charge is 2.20. The number of nitrogens with zero attached hydrogens (tertiary/aromatic N) is 2. The van der Waals surface area contributed by atoms with Crippen LogP contribution < -0.4 is 11.1 Å². The minimum atomic E-state index is -0.406. The van der Waals surface area contributed by atoms with Gasteiger partial charge in [-0.2, -0.15) is 0 Å². The van der Waals surface area contributed by atoms with Gasteiger partial charge >= 0.3 is 0 Å². The molecule has 1 aromatic rings. The standard InChI is InChI=1S/C14H22N4O2/c1-10(18(4)9-13(19)17(2)3)14(20)16-12-7-5-11(15)6-8-12/h5-8,10H,9,15H2,1-4H3,(H,16,20). The van der Waals surface area contributed by atoms with E-state index in [-0.39, 0.29) is 18.4 Å². The van der Waals surface area contributed by atoms with Crippen LogP contribution in [0.25, 0.3) is 0 Å². The van der Waals surface area contributed by atoms with Crippen molar-refractivity contribution in [3.05, 3.63) is 24.3 Å². The quantitative estimate of drug-likeness (QED) is 0.774. The van der Waals surface area contributed by atoms with Gasteiger partial charge in [0.2, 0.25) is 11.8 Å². The maximum absolute atomic E-state index is 12.1. The molecule has 0 aliphatic carbocycles. The van der Waals surface area contributed by atoms with E-state index in [0.29, 0.717) is 11.4 Å². The van der Waals surface area contributed by atoms with E-state index in [4.69, 9.17) is 5.73 Å². The first kappa shape index (κ1) is 16.0. The van der Waals surface area contributed by atoms with E-state index in [9.17, 15) is 9.59 Å². The Morgan fingerprint density at radius 1 is 1.20 bits per heavy atom. The van der Waals surface area contributed by atoms with E-state index >= 15 is 0 Å². The molecule has 0 radical (unpaired) electrons. The molecule has 110 valence electrons. The number of benzene rings is 1. The number of anilines is 2. The lowest BCUT2D eigenvalue weighted by atomic mass is 10.2. The molecule has 0 saturated carbocycles. The van der Waals surface area contributed by atoms with Gasteiger partial charge in [0.25, 0.3) is 0 Å². The van der Waals surface area contributed by atoms with Crippen molar-refractivity contribution < 1.29 is 9.59 Å². The SMILES string of the molecule is CC(C(=O)Nc1ccc(N)cc1)N(C)CC(=O)N(C)C. The van der Waals surface area contributed by atoms with Crippen LogP contribution in [-0.4, -0.2) is 55.3 Å². The zero-order chi connectivity index (χ0) is 15.3. The molecular formula is C14H22N4O2. The van der Waals surface area contributed by atoms with Crippen LogP contribution in [0.3, 0.4) is 0 Å². The van der Waals surface area contributed by atoms with Crippen LogP contribution >= 0.6 is 0 Å². The van der Waals surface area contributed by atoms with Crippen LogP contribution in [0.15, 0.2) is 24.3 Å². The maximum atomic E-state index is 12.1. The summed E-state index contributed by atoms with van der Waals surface area (Å²) in [6, 6.07) is 6.52. The van der Waals surface area contributed by atoms with E-state index in [1.165, 1.54) is 4.90 Å². The molecule has 6 heteroatoms. The number of rotatable bonds is 5. The van der Waals surface area contributed by atoms with Crippen molar-refractivity contribution in [3.8, 4) is 0 Å². The van der Waals surface area contributed by atoms with Gasteiger partial charge in [-0.15, -0.1) is 0 Å². The Balaban J connectivity index is 2.58. The summed E-state index contributed by atoms with van der Waals surface area (Å²) < 4.78 is 0. The molecule has 1 atom stereocenters. The largest absolute Gasteiger partial charge is 0.399 e. The number of carbonyl (C=O) groups excluding carboxylic acids is 2. The summed E-state index contributed by atoms with van der Waals surface area (Å²) in [7, 11) is 5.12. The fourth-order valence-electron chi connectivity index (χ4n) is 1.51. The van der Waals surface area contributed by atoms with Gasteiger partial charge in [0.05, 0.1) is 12.6 Å². The lowest BCUT2D eigenvalue weighted by Gasteiger charge is -2.24. The summed E-state index contributed by atoms with van der Waals surface area (Å²) in [6.45, 7) is 1.96. The van der Waals surface area contributed by atoms with E-state index in [1.807, 2.05) is 0 Å². The smallest absolute Gasteiger partial charge is 0.241 e. The summed E-state index contributed by atoms with van der Waals surface area (Å²) in [5.74, 6) is -0.205. The highest BCUT2D eigenvalue weighted by Crippen LogP contribution is 2.11. The average molecular weight is 278 g/mol. The second-order valence-electron chi connectivity index (χ2n) is 4.99. The van der Waals surface area contributed by atoms with Crippen LogP contribution in [0.2, 0.25) is 0 Å². The summed E-state index contributed by atoms with van der Waals surface area (Å²) in [6.07, 6.45) is 0. The molecular weight excluding hydrogens is 256 g/mol. The number of nitrogen functional groups attached to an aromatic ring is 1. The zero-order valence-electron chi connectivity index (χ0n) is 12.4. The normalized spacial score (nSPS) is 12.1. The van der Waals surface area contributed by atoms with Crippen molar-refractivity contribution >= 4 is 23.2 Å². The fourth-order valence-corrected chi connectivity index (χ4v) is 1.51. The molecule has 0 fully saturated rings. The molecule has 0 aliphatic heterocycles. The Morgan fingerprint density at radius 3 is 2.25 bits per heavy atom. The number of carbonyl (C=O) groups is 2. The van der Waals surface area contributed by atoms with Gasteiger partial charge in [-0.3, -0.25) is 14.5 Å². The lowest BCUT2D eigenvalue weighted by molar-refractivity contribution is -0.131. The Labute approximate surface area is 119 Å². The summed E-state index contributed by atoms with van der Waals surface area (Å²) in [5, 5.41) is 2.79. The molecule has 6 nitrogen and oxygen atoms in total. The number of nitrogens with one attached hydrogen (secondary N) is 1. The van der Waals surface area contributed by atoms with Crippen LogP contribution in [0.1, 0.15) is 6.92 Å². The van der Waals surface area contributed by atoms with Gasteiger partial charge < -0.3 is 16.0 Å². The highest BCUT2D eigenvalue weighted by molar-refractivity contribution is 5.95. The number of likely N-dealkylation sites (N-methyl/N-ethyl adjacent to an activating group) is 2. The minimum Gasteiger partial charge on any atom is -0.399 e. The van der Waals surface area contributed by atoms with E-state index in [2.05, 4.69) is 5.32 Å². The first-order valence-corrected chi connectivity index (χ1v) is 6.38. The molecule has 3 N–H and O–H groups in total. The Morgan fingerprint density at radius 2 is 1.75 bits per heavy atom. The van der Waals surface area contributed by atoms with Crippen molar-refractivity contribution in [3.63, 3.8) is 0 Å². The summed E-state index contributed by atoms with van der Waals surface area (Å²) >= 11 is 0. The topological polar surface area (TPSA) is 78.7 Å². The van der Waals surface area contributed by atoms with E-state index in [0.717, 1.165) is 0 Å². The number of amides is 2. The lowest BCUT2D eigenvalue weighted by Crippen LogP contribution is -2.44.